The molecule has 2 aliphatic rings. The summed E-state index contributed by atoms with van der Waals surface area (Å²) < 4.78 is 0. The fraction of sp³-hybridized carbons (Fsp3) is 0. The predicted octanol–water partition coefficient (Wildman–Crippen LogP) is 2.95. The standard InChI is InChI=1S/C8H8.C5H5.Rh/c1-2-4-6-8-7-5-3-1;1-2-4-5-3-1;/h1-8H;1-5H;/b2-1-,8-7-;;. The monoisotopic (exact) mass is 272 g/mol. The molecule has 1 heteroatoms. The first-order valence-corrected chi connectivity index (χ1v) is 4.33. The number of hydrogen-bond acceptors (Lipinski definition) is 0. The van der Waals surface area contributed by atoms with Gasteiger partial charge in [0.2, 0.25) is 0 Å². The SMILES string of the molecule is [CH]1[CH]/C=C\[CH][CH]/C=C\1.[CH]1[CH][CH][CH][CH]1.[Rh]. The Balaban J connectivity index is 0.000000246. The van der Waals surface area contributed by atoms with Crippen LogP contribution >= 0.6 is 0 Å². The molecule has 0 heterocycles. The first-order valence-electron chi connectivity index (χ1n) is 4.33. The quantitative estimate of drug-likeness (QED) is 0.595. The maximum atomic E-state index is 2.00. The van der Waals surface area contributed by atoms with Gasteiger partial charge in [-0.2, -0.15) is 0 Å². The van der Waals surface area contributed by atoms with Gasteiger partial charge < -0.3 is 0 Å². The van der Waals surface area contributed by atoms with E-state index >= 15 is 0 Å². The average Bonchev–Trinajstić information content (AvgIpc) is 2.58. The second-order valence-corrected chi connectivity index (χ2v) is 2.50. The molecule has 0 N–H and O–H groups in total. The van der Waals surface area contributed by atoms with Crippen molar-refractivity contribution >= 4 is 0 Å². The zero-order valence-electron chi connectivity index (χ0n) is 7.84. The van der Waals surface area contributed by atoms with Crippen LogP contribution in [0.25, 0.3) is 0 Å². The van der Waals surface area contributed by atoms with Gasteiger partial charge in [0.1, 0.15) is 0 Å². The molecule has 0 aromatic carbocycles. The Morgan fingerprint density at radius 1 is 0.286 bits per heavy atom. The second-order valence-electron chi connectivity index (χ2n) is 2.50. The van der Waals surface area contributed by atoms with E-state index in [4.69, 9.17) is 0 Å². The maximum Gasteiger partial charge on any atom is 0 e. The van der Waals surface area contributed by atoms with Crippen LogP contribution in [-0.4, -0.2) is 0 Å². The molecule has 0 unspecified atom stereocenters. The van der Waals surface area contributed by atoms with Gasteiger partial charge in [-0.15, -0.1) is 0 Å². The van der Waals surface area contributed by atoms with E-state index < -0.39 is 0 Å². The Labute approximate surface area is 102 Å². The van der Waals surface area contributed by atoms with E-state index in [-0.39, 0.29) is 19.5 Å². The van der Waals surface area contributed by atoms with E-state index in [1.54, 1.807) is 0 Å². The molecule has 2 aliphatic carbocycles. The molecule has 14 heavy (non-hydrogen) atoms. The van der Waals surface area contributed by atoms with Crippen molar-refractivity contribution in [1.82, 2.24) is 0 Å². The van der Waals surface area contributed by atoms with Crippen molar-refractivity contribution in [3.05, 3.63) is 82.1 Å². The first kappa shape index (κ1) is 14.1. The van der Waals surface area contributed by atoms with E-state index in [0.29, 0.717) is 0 Å². The Morgan fingerprint density at radius 3 is 0.714 bits per heavy atom. The third kappa shape index (κ3) is 8.69. The maximum absolute atomic E-state index is 2.00. The van der Waals surface area contributed by atoms with Gasteiger partial charge in [-0.1, -0.05) is 24.3 Å². The molecule has 0 aliphatic heterocycles. The Bertz CT molecular complexity index is 121. The molecule has 0 amide bonds. The molecule has 74 valence electrons. The molecule has 10 radical (unpaired) electrons. The molecule has 1 saturated carbocycles. The number of hydrogen-bond donors (Lipinski definition) is 0. The summed E-state index contributed by atoms with van der Waals surface area (Å²) in [5, 5.41) is 0. The summed E-state index contributed by atoms with van der Waals surface area (Å²) in [6.07, 6.45) is 26.0. The molecule has 0 spiro atoms. The minimum absolute atomic E-state index is 0. The second kappa shape index (κ2) is 11.2. The van der Waals surface area contributed by atoms with Gasteiger partial charge in [0, 0.05) is 19.5 Å². The minimum atomic E-state index is 0. The van der Waals surface area contributed by atoms with Crippen LogP contribution in [0.1, 0.15) is 0 Å². The third-order valence-electron chi connectivity index (χ3n) is 1.44. The molecular weight excluding hydrogens is 259 g/mol. The number of allylic oxidation sites excluding steroid dienone is 4. The van der Waals surface area contributed by atoms with E-state index in [1.165, 1.54) is 0 Å². The van der Waals surface area contributed by atoms with Gasteiger partial charge in [-0.05, 0) is 57.8 Å². The van der Waals surface area contributed by atoms with Crippen molar-refractivity contribution in [2.75, 3.05) is 0 Å². The molecule has 1 fully saturated rings. The zero-order valence-corrected chi connectivity index (χ0v) is 9.48. The smallest absolute Gasteiger partial charge is 0 e. The van der Waals surface area contributed by atoms with Gasteiger partial charge in [-0.25, -0.2) is 0 Å². The summed E-state index contributed by atoms with van der Waals surface area (Å²) in [6.45, 7) is 0. The molecule has 0 saturated heterocycles. The first-order chi connectivity index (χ1) is 6.50. The van der Waals surface area contributed by atoms with Crippen molar-refractivity contribution in [1.29, 1.82) is 0 Å². The van der Waals surface area contributed by atoms with Gasteiger partial charge in [0.15, 0.2) is 0 Å². The van der Waals surface area contributed by atoms with Gasteiger partial charge in [-0.3, -0.25) is 0 Å². The van der Waals surface area contributed by atoms with Crippen LogP contribution in [0.4, 0.5) is 0 Å². The van der Waals surface area contributed by atoms with Gasteiger partial charge in [0.25, 0.3) is 0 Å². The van der Waals surface area contributed by atoms with Crippen LogP contribution in [0.3, 0.4) is 0 Å². The van der Waals surface area contributed by atoms with Crippen LogP contribution in [-0.2, 0) is 19.5 Å². The normalized spacial score (nSPS) is 24.6. The minimum Gasteiger partial charge on any atom is -0.0839 e. The summed E-state index contributed by atoms with van der Waals surface area (Å²) >= 11 is 0. The van der Waals surface area contributed by atoms with Crippen LogP contribution < -0.4 is 0 Å². The van der Waals surface area contributed by atoms with E-state index in [9.17, 15) is 0 Å². The Hall–Kier alpha value is 0.103. The molecule has 0 bridgehead atoms. The average molecular weight is 272 g/mol. The van der Waals surface area contributed by atoms with E-state index in [1.807, 2.05) is 82.1 Å². The van der Waals surface area contributed by atoms with Crippen LogP contribution in [0, 0.1) is 57.8 Å². The van der Waals surface area contributed by atoms with Gasteiger partial charge >= 0.3 is 0 Å². The summed E-state index contributed by atoms with van der Waals surface area (Å²) in [5.74, 6) is 0. The molecule has 0 atom stereocenters. The summed E-state index contributed by atoms with van der Waals surface area (Å²) in [4.78, 5) is 0. The van der Waals surface area contributed by atoms with Crippen LogP contribution in [0.15, 0.2) is 24.3 Å². The fourth-order valence-electron chi connectivity index (χ4n) is 0.834. The topological polar surface area (TPSA) is 0 Å². The molecule has 2 rings (SSSR count). The van der Waals surface area contributed by atoms with E-state index in [0.717, 1.165) is 0 Å². The number of rotatable bonds is 0. The van der Waals surface area contributed by atoms with Crippen LogP contribution in [0.2, 0.25) is 0 Å². The summed E-state index contributed by atoms with van der Waals surface area (Å²) in [5.41, 5.74) is 0. The van der Waals surface area contributed by atoms with Crippen molar-refractivity contribution < 1.29 is 19.5 Å². The zero-order chi connectivity index (χ0) is 9.19. The predicted molar refractivity (Wildman–Crippen MR) is 57.0 cm³/mol. The van der Waals surface area contributed by atoms with Crippen molar-refractivity contribution in [3.8, 4) is 0 Å². The largest absolute Gasteiger partial charge is 0.0839 e. The summed E-state index contributed by atoms with van der Waals surface area (Å²) in [6, 6.07) is 0. The molecular formula is C13H13Rh. The van der Waals surface area contributed by atoms with Crippen molar-refractivity contribution in [3.63, 3.8) is 0 Å². The molecule has 0 aromatic rings. The van der Waals surface area contributed by atoms with E-state index in [2.05, 4.69) is 0 Å². The fourth-order valence-corrected chi connectivity index (χ4v) is 0.834. The van der Waals surface area contributed by atoms with Crippen molar-refractivity contribution in [2.24, 2.45) is 0 Å². The summed E-state index contributed by atoms with van der Waals surface area (Å²) in [7, 11) is 0. The molecule has 0 nitrogen and oxygen atoms in total. The third-order valence-corrected chi connectivity index (χ3v) is 1.44. The van der Waals surface area contributed by atoms with Crippen molar-refractivity contribution in [2.45, 2.75) is 0 Å². The van der Waals surface area contributed by atoms with Crippen LogP contribution in [0.5, 0.6) is 0 Å². The Morgan fingerprint density at radius 2 is 0.500 bits per heavy atom. The Kier molecular flexibility index (Phi) is 11.3. The molecule has 0 aromatic heterocycles. The van der Waals surface area contributed by atoms with Gasteiger partial charge in [0.05, 0.1) is 0 Å².